The zero-order valence-electron chi connectivity index (χ0n) is 14.3. The quantitative estimate of drug-likeness (QED) is 0.812. The Morgan fingerprint density at radius 3 is 2.23 bits per heavy atom. The van der Waals surface area contributed by atoms with E-state index in [-0.39, 0.29) is 11.5 Å². The zero-order valence-corrected chi connectivity index (χ0v) is 15.9. The molecular formula is C19H19ClO5S. The average Bonchev–Trinajstić information content (AvgIpc) is 3.27. The van der Waals surface area contributed by atoms with E-state index in [0.717, 1.165) is 5.56 Å². The summed E-state index contributed by atoms with van der Waals surface area (Å²) in [6.07, 6.45) is 0. The maximum absolute atomic E-state index is 13.2. The molecular weight excluding hydrogens is 376 g/mol. The second-order valence-electron chi connectivity index (χ2n) is 6.59. The van der Waals surface area contributed by atoms with Crippen LogP contribution in [0.15, 0.2) is 53.4 Å². The Hall–Kier alpha value is -1.89. The number of halogens is 1. The summed E-state index contributed by atoms with van der Waals surface area (Å²) in [5.41, 5.74) is 0.0247. The first-order chi connectivity index (χ1) is 12.2. The van der Waals surface area contributed by atoms with Gasteiger partial charge in [0, 0.05) is 18.1 Å². The molecule has 0 spiro atoms. The number of hydrogen-bond donors (Lipinski definition) is 1. The predicted molar refractivity (Wildman–Crippen MR) is 98.3 cm³/mol. The Balaban J connectivity index is 2.11. The molecule has 7 heteroatoms. The van der Waals surface area contributed by atoms with E-state index in [4.69, 9.17) is 16.3 Å². The van der Waals surface area contributed by atoms with E-state index in [9.17, 15) is 18.3 Å². The van der Waals surface area contributed by atoms with E-state index in [1.54, 1.807) is 36.4 Å². The van der Waals surface area contributed by atoms with Gasteiger partial charge in [-0.05, 0) is 36.8 Å². The molecule has 3 atom stereocenters. The fraction of sp³-hybridized carbons (Fsp3) is 0.316. The third-order valence-electron chi connectivity index (χ3n) is 4.95. The van der Waals surface area contributed by atoms with Gasteiger partial charge in [0.05, 0.1) is 16.8 Å². The Morgan fingerprint density at radius 1 is 1.15 bits per heavy atom. The number of carbonyl (C=O) groups is 1. The number of methoxy groups -OCH3 is 1. The largest absolute Gasteiger partial charge is 0.481 e. The molecule has 1 saturated carbocycles. The Morgan fingerprint density at radius 2 is 1.73 bits per heavy atom. The van der Waals surface area contributed by atoms with Crippen molar-refractivity contribution in [2.24, 2.45) is 5.41 Å². The predicted octanol–water partition coefficient (Wildman–Crippen LogP) is 3.31. The first-order valence-electron chi connectivity index (χ1n) is 8.03. The molecule has 138 valence electrons. The Bertz CT molecular complexity index is 921. The van der Waals surface area contributed by atoms with E-state index < -0.39 is 32.4 Å². The lowest BCUT2D eigenvalue weighted by Crippen LogP contribution is -2.28. The van der Waals surface area contributed by atoms with Crippen LogP contribution in [0.1, 0.15) is 17.0 Å². The topological polar surface area (TPSA) is 80.7 Å². The molecule has 2 aromatic rings. The van der Waals surface area contributed by atoms with E-state index in [2.05, 4.69) is 0 Å². The van der Waals surface area contributed by atoms with Gasteiger partial charge in [-0.25, -0.2) is 8.42 Å². The van der Waals surface area contributed by atoms with Gasteiger partial charge < -0.3 is 9.84 Å². The molecule has 0 aliphatic heterocycles. The van der Waals surface area contributed by atoms with Crippen molar-refractivity contribution in [3.63, 3.8) is 0 Å². The molecule has 1 aliphatic carbocycles. The highest BCUT2D eigenvalue weighted by Gasteiger charge is 2.76. The number of ether oxygens (including phenoxy) is 1. The van der Waals surface area contributed by atoms with Crippen molar-refractivity contribution in [3.8, 4) is 0 Å². The van der Waals surface area contributed by atoms with Crippen LogP contribution in [0.25, 0.3) is 0 Å². The van der Waals surface area contributed by atoms with Crippen LogP contribution in [0.5, 0.6) is 0 Å². The van der Waals surface area contributed by atoms with Crippen molar-refractivity contribution in [1.82, 2.24) is 0 Å². The summed E-state index contributed by atoms with van der Waals surface area (Å²) in [5.74, 6) is -1.89. The summed E-state index contributed by atoms with van der Waals surface area (Å²) in [6.45, 7) is 1.67. The molecule has 0 saturated heterocycles. The first-order valence-corrected chi connectivity index (χ1v) is 9.96. The fourth-order valence-corrected chi connectivity index (χ4v) is 6.09. The van der Waals surface area contributed by atoms with Crippen LogP contribution < -0.4 is 0 Å². The number of benzene rings is 2. The van der Waals surface area contributed by atoms with Gasteiger partial charge in [-0.3, -0.25) is 4.79 Å². The molecule has 26 heavy (non-hydrogen) atoms. The minimum absolute atomic E-state index is 0.117. The molecule has 5 nitrogen and oxygen atoms in total. The third-order valence-corrected chi connectivity index (χ3v) is 7.49. The smallest absolute Gasteiger partial charge is 0.314 e. The molecule has 0 aromatic heterocycles. The summed E-state index contributed by atoms with van der Waals surface area (Å²) in [4.78, 5) is 12.2. The highest BCUT2D eigenvalue weighted by molar-refractivity contribution is 7.92. The maximum Gasteiger partial charge on any atom is 0.314 e. The SMILES string of the molecule is COC[C@]1(C(=O)O)[C@H](c2ccc(Cl)cc2)[C@@H]1S(=O)(=O)c1ccc(C)cc1. The molecule has 2 aromatic carbocycles. The molecule has 1 N–H and O–H groups in total. The standard InChI is InChI=1S/C19H19ClO5S/c1-12-3-9-15(10-4-12)26(23,24)17-16(13-5-7-14(20)8-6-13)19(17,11-25-2)18(21)22/h3-10,16-17H,11H2,1-2H3,(H,21,22)/t16-,17+,19+/m1/s1. The second-order valence-corrected chi connectivity index (χ2v) is 9.09. The van der Waals surface area contributed by atoms with Gasteiger partial charge in [-0.15, -0.1) is 0 Å². The highest BCUT2D eigenvalue weighted by Crippen LogP contribution is 2.64. The molecule has 1 aliphatic rings. The van der Waals surface area contributed by atoms with Crippen molar-refractivity contribution in [3.05, 3.63) is 64.7 Å². The van der Waals surface area contributed by atoms with Crippen LogP contribution in [-0.2, 0) is 19.4 Å². The number of aliphatic carboxylic acids is 1. The van der Waals surface area contributed by atoms with E-state index in [1.165, 1.54) is 19.2 Å². The molecule has 0 radical (unpaired) electrons. The average molecular weight is 395 g/mol. The number of carboxylic acids is 1. The summed E-state index contributed by atoms with van der Waals surface area (Å²) >= 11 is 5.91. The molecule has 0 heterocycles. The van der Waals surface area contributed by atoms with E-state index >= 15 is 0 Å². The minimum atomic E-state index is -3.86. The lowest BCUT2D eigenvalue weighted by Gasteiger charge is -2.12. The van der Waals surface area contributed by atoms with E-state index in [1.807, 2.05) is 6.92 Å². The Kier molecular flexibility index (Phi) is 4.86. The number of rotatable bonds is 6. The summed E-state index contributed by atoms with van der Waals surface area (Å²) in [6, 6.07) is 13.0. The van der Waals surface area contributed by atoms with Gasteiger partial charge in [0.15, 0.2) is 9.84 Å². The van der Waals surface area contributed by atoms with Gasteiger partial charge >= 0.3 is 5.97 Å². The number of carboxylic acid groups (broad SMARTS) is 1. The molecule has 1 fully saturated rings. The van der Waals surface area contributed by atoms with Crippen molar-refractivity contribution in [1.29, 1.82) is 0 Å². The molecule has 0 unspecified atom stereocenters. The monoisotopic (exact) mass is 394 g/mol. The summed E-state index contributed by atoms with van der Waals surface area (Å²) in [5, 5.41) is 9.27. The maximum atomic E-state index is 13.2. The number of sulfone groups is 1. The second kappa shape index (κ2) is 6.68. The molecule has 0 bridgehead atoms. The van der Waals surface area contributed by atoms with Crippen LogP contribution in [0, 0.1) is 12.3 Å². The van der Waals surface area contributed by atoms with Crippen LogP contribution >= 0.6 is 11.6 Å². The van der Waals surface area contributed by atoms with Gasteiger partial charge in [0.1, 0.15) is 5.41 Å². The van der Waals surface area contributed by atoms with Crippen LogP contribution in [-0.4, -0.2) is 38.5 Å². The van der Waals surface area contributed by atoms with E-state index in [0.29, 0.717) is 10.6 Å². The van der Waals surface area contributed by atoms with Crippen molar-refractivity contribution in [2.75, 3.05) is 13.7 Å². The Labute approximate surface area is 157 Å². The summed E-state index contributed by atoms with van der Waals surface area (Å²) in [7, 11) is -2.49. The van der Waals surface area contributed by atoms with Crippen LogP contribution in [0.2, 0.25) is 5.02 Å². The third kappa shape index (κ3) is 2.92. The van der Waals surface area contributed by atoms with Crippen molar-refractivity contribution >= 4 is 27.4 Å². The van der Waals surface area contributed by atoms with Gasteiger partial charge in [-0.2, -0.15) is 0 Å². The molecule has 3 rings (SSSR count). The zero-order chi connectivity index (χ0) is 19.1. The fourth-order valence-electron chi connectivity index (χ4n) is 3.60. The van der Waals surface area contributed by atoms with Gasteiger partial charge in [0.2, 0.25) is 0 Å². The van der Waals surface area contributed by atoms with Crippen molar-refractivity contribution in [2.45, 2.75) is 23.0 Å². The van der Waals surface area contributed by atoms with Gasteiger partial charge in [-0.1, -0.05) is 41.4 Å². The minimum Gasteiger partial charge on any atom is -0.481 e. The highest BCUT2D eigenvalue weighted by atomic mass is 35.5. The van der Waals surface area contributed by atoms with Crippen molar-refractivity contribution < 1.29 is 23.1 Å². The number of hydrogen-bond acceptors (Lipinski definition) is 4. The first kappa shape index (κ1) is 18.9. The normalized spacial score (nSPS) is 25.0. The molecule has 0 amide bonds. The van der Waals surface area contributed by atoms with Gasteiger partial charge in [0.25, 0.3) is 0 Å². The van der Waals surface area contributed by atoms with Crippen LogP contribution in [0.3, 0.4) is 0 Å². The summed E-state index contributed by atoms with van der Waals surface area (Å²) < 4.78 is 31.5. The number of aryl methyl sites for hydroxylation is 1. The van der Waals surface area contributed by atoms with Crippen LogP contribution in [0.4, 0.5) is 0 Å². The lowest BCUT2D eigenvalue weighted by molar-refractivity contribution is -0.145. The lowest BCUT2D eigenvalue weighted by atomic mass is 10.0.